The molecule has 2 heterocycles. The Labute approximate surface area is 122 Å². The van der Waals surface area contributed by atoms with Crippen molar-refractivity contribution in [2.24, 2.45) is 20.0 Å². The third kappa shape index (κ3) is 2.30. The molecular formula is C14H18N2O4S. The Bertz CT molecular complexity index is 863. The summed E-state index contributed by atoms with van der Waals surface area (Å²) in [5.41, 5.74) is 2.06. The largest absolute Gasteiger partial charge is 0.388 e. The van der Waals surface area contributed by atoms with Gasteiger partial charge in [-0.1, -0.05) is 6.07 Å². The van der Waals surface area contributed by atoms with Crippen molar-refractivity contribution in [2.75, 3.05) is 11.5 Å². The number of rotatable bonds is 2. The van der Waals surface area contributed by atoms with Gasteiger partial charge in [0.05, 0.1) is 28.6 Å². The summed E-state index contributed by atoms with van der Waals surface area (Å²) in [6.07, 6.45) is -0.336. The minimum absolute atomic E-state index is 0.0277. The van der Waals surface area contributed by atoms with Gasteiger partial charge in [-0.15, -0.1) is 0 Å². The summed E-state index contributed by atoms with van der Waals surface area (Å²) in [6, 6.07) is 5.32. The number of hydrogen-bond donors (Lipinski definition) is 1. The van der Waals surface area contributed by atoms with Crippen molar-refractivity contribution in [1.29, 1.82) is 0 Å². The van der Waals surface area contributed by atoms with Crippen molar-refractivity contribution < 1.29 is 13.5 Å². The second-order valence-electron chi connectivity index (χ2n) is 5.76. The van der Waals surface area contributed by atoms with Gasteiger partial charge in [-0.3, -0.25) is 9.13 Å². The van der Waals surface area contributed by atoms with Crippen molar-refractivity contribution in [1.82, 2.24) is 9.13 Å². The van der Waals surface area contributed by atoms with Crippen LogP contribution in [0.25, 0.3) is 11.0 Å². The average Bonchev–Trinajstić information content (AvgIpc) is 2.92. The van der Waals surface area contributed by atoms with Gasteiger partial charge >= 0.3 is 5.69 Å². The van der Waals surface area contributed by atoms with E-state index in [0.29, 0.717) is 12.0 Å². The molecule has 114 valence electrons. The van der Waals surface area contributed by atoms with Crippen LogP contribution in [0.2, 0.25) is 0 Å². The quantitative estimate of drug-likeness (QED) is 0.867. The molecule has 1 aromatic heterocycles. The van der Waals surface area contributed by atoms with Gasteiger partial charge in [0.1, 0.15) is 0 Å². The summed E-state index contributed by atoms with van der Waals surface area (Å²) < 4.78 is 26.1. The second kappa shape index (κ2) is 4.71. The zero-order valence-corrected chi connectivity index (χ0v) is 12.8. The highest BCUT2D eigenvalue weighted by Gasteiger charge is 2.33. The fourth-order valence-electron chi connectivity index (χ4n) is 3.05. The molecule has 3 rings (SSSR count). The minimum Gasteiger partial charge on any atom is -0.388 e. The number of benzene rings is 1. The minimum atomic E-state index is -3.02. The van der Waals surface area contributed by atoms with Crippen molar-refractivity contribution >= 4 is 20.9 Å². The van der Waals surface area contributed by atoms with Gasteiger partial charge in [0, 0.05) is 20.0 Å². The maximum absolute atomic E-state index is 11.9. The smallest absolute Gasteiger partial charge is 0.328 e. The monoisotopic (exact) mass is 310 g/mol. The maximum atomic E-state index is 11.9. The summed E-state index contributed by atoms with van der Waals surface area (Å²) in [5, 5.41) is 10.4. The van der Waals surface area contributed by atoms with E-state index in [2.05, 4.69) is 0 Å². The molecule has 0 saturated carbocycles. The van der Waals surface area contributed by atoms with Gasteiger partial charge in [-0.2, -0.15) is 0 Å². The van der Waals surface area contributed by atoms with Crippen LogP contribution in [0.4, 0.5) is 0 Å². The van der Waals surface area contributed by atoms with E-state index < -0.39 is 15.9 Å². The molecule has 1 fully saturated rings. The predicted octanol–water partition coefficient (Wildman–Crippen LogP) is 0.345. The van der Waals surface area contributed by atoms with Crippen LogP contribution in [0.15, 0.2) is 23.0 Å². The van der Waals surface area contributed by atoms with E-state index in [1.807, 2.05) is 0 Å². The Morgan fingerprint density at radius 2 is 1.90 bits per heavy atom. The van der Waals surface area contributed by atoms with E-state index in [-0.39, 0.29) is 23.1 Å². The number of aliphatic hydroxyl groups is 1. The van der Waals surface area contributed by atoms with Gasteiger partial charge in [-0.25, -0.2) is 13.2 Å². The zero-order chi connectivity index (χ0) is 15.4. The van der Waals surface area contributed by atoms with E-state index in [4.69, 9.17) is 0 Å². The number of fused-ring (bicyclic) bond motifs is 1. The van der Waals surface area contributed by atoms with Crippen molar-refractivity contribution in [2.45, 2.75) is 12.5 Å². The lowest BCUT2D eigenvalue weighted by atomic mass is 9.95. The van der Waals surface area contributed by atoms with E-state index in [0.717, 1.165) is 11.0 Å². The highest BCUT2D eigenvalue weighted by atomic mass is 32.2. The lowest BCUT2D eigenvalue weighted by Gasteiger charge is -2.17. The SMILES string of the molecule is Cn1c(=O)n(C)c2cc(C(O)C3CCS(=O)(=O)C3)ccc21. The Hall–Kier alpha value is -1.60. The molecule has 0 spiro atoms. The number of aliphatic hydroxyl groups excluding tert-OH is 1. The van der Waals surface area contributed by atoms with Gasteiger partial charge in [0.15, 0.2) is 9.84 Å². The maximum Gasteiger partial charge on any atom is 0.328 e. The zero-order valence-electron chi connectivity index (χ0n) is 12.0. The number of aryl methyl sites for hydroxylation is 2. The average molecular weight is 310 g/mol. The van der Waals surface area contributed by atoms with Crippen molar-refractivity contribution in [3.05, 3.63) is 34.2 Å². The molecule has 7 heteroatoms. The molecule has 0 bridgehead atoms. The molecule has 6 nitrogen and oxygen atoms in total. The first-order chi connectivity index (χ1) is 9.80. The molecule has 1 N–H and O–H groups in total. The topological polar surface area (TPSA) is 81.3 Å². The molecule has 0 radical (unpaired) electrons. The van der Waals surface area contributed by atoms with Gasteiger partial charge in [0.25, 0.3) is 0 Å². The first-order valence-corrected chi connectivity index (χ1v) is 8.66. The molecule has 2 atom stereocenters. The third-order valence-corrected chi connectivity index (χ3v) is 6.15. The van der Waals surface area contributed by atoms with Crippen LogP contribution in [0.5, 0.6) is 0 Å². The fourth-order valence-corrected chi connectivity index (χ4v) is 4.88. The van der Waals surface area contributed by atoms with Crippen LogP contribution < -0.4 is 5.69 Å². The molecule has 1 aromatic carbocycles. The highest BCUT2D eigenvalue weighted by Crippen LogP contribution is 2.32. The lowest BCUT2D eigenvalue weighted by Crippen LogP contribution is -2.19. The summed E-state index contributed by atoms with van der Waals surface area (Å²) in [4.78, 5) is 11.9. The Kier molecular flexibility index (Phi) is 3.22. The van der Waals surface area contributed by atoms with Crippen molar-refractivity contribution in [3.8, 4) is 0 Å². The Morgan fingerprint density at radius 3 is 2.52 bits per heavy atom. The second-order valence-corrected chi connectivity index (χ2v) is 7.99. The summed E-state index contributed by atoms with van der Waals surface area (Å²) in [7, 11) is 0.359. The first kappa shape index (κ1) is 14.3. The molecule has 0 amide bonds. The van der Waals surface area contributed by atoms with Gasteiger partial charge < -0.3 is 5.11 Å². The van der Waals surface area contributed by atoms with Crippen LogP contribution in [0.3, 0.4) is 0 Å². The van der Waals surface area contributed by atoms with Gasteiger partial charge in [0.2, 0.25) is 0 Å². The van der Waals surface area contributed by atoms with E-state index in [9.17, 15) is 18.3 Å². The lowest BCUT2D eigenvalue weighted by molar-refractivity contribution is 0.121. The molecule has 1 aliphatic heterocycles. The molecule has 1 aliphatic rings. The van der Waals surface area contributed by atoms with E-state index in [1.54, 1.807) is 36.9 Å². The molecule has 1 saturated heterocycles. The number of aromatic nitrogens is 2. The number of hydrogen-bond acceptors (Lipinski definition) is 4. The van der Waals surface area contributed by atoms with Gasteiger partial charge in [-0.05, 0) is 24.1 Å². The summed E-state index contributed by atoms with van der Waals surface area (Å²) >= 11 is 0. The number of imidazole rings is 1. The summed E-state index contributed by atoms with van der Waals surface area (Å²) in [5.74, 6) is -0.103. The van der Waals surface area contributed by atoms with Crippen LogP contribution in [-0.4, -0.2) is 34.2 Å². The molecule has 2 unspecified atom stereocenters. The van der Waals surface area contributed by atoms with E-state index >= 15 is 0 Å². The Morgan fingerprint density at radius 1 is 1.24 bits per heavy atom. The Balaban J connectivity index is 2.02. The van der Waals surface area contributed by atoms with Crippen LogP contribution >= 0.6 is 0 Å². The normalized spacial score (nSPS) is 22.7. The third-order valence-electron chi connectivity index (χ3n) is 4.35. The predicted molar refractivity (Wildman–Crippen MR) is 79.9 cm³/mol. The standard InChI is InChI=1S/C14H18N2O4S/c1-15-11-4-3-9(7-12(11)16(2)14(15)18)13(17)10-5-6-21(19,20)8-10/h3-4,7,10,13,17H,5-6,8H2,1-2H3. The van der Waals surface area contributed by atoms with Crippen LogP contribution in [0, 0.1) is 5.92 Å². The molecule has 0 aliphatic carbocycles. The first-order valence-electron chi connectivity index (χ1n) is 6.84. The number of sulfone groups is 1. The van der Waals surface area contributed by atoms with Crippen molar-refractivity contribution in [3.63, 3.8) is 0 Å². The molecule has 2 aromatic rings. The van der Waals surface area contributed by atoms with Crippen LogP contribution in [-0.2, 0) is 23.9 Å². The molecular weight excluding hydrogens is 292 g/mol. The summed E-state index contributed by atoms with van der Waals surface area (Å²) in [6.45, 7) is 0. The fraction of sp³-hybridized carbons (Fsp3) is 0.500. The highest BCUT2D eigenvalue weighted by molar-refractivity contribution is 7.91. The molecule has 21 heavy (non-hydrogen) atoms. The van der Waals surface area contributed by atoms with E-state index in [1.165, 1.54) is 4.57 Å². The number of nitrogens with zero attached hydrogens (tertiary/aromatic N) is 2. The van der Waals surface area contributed by atoms with Crippen LogP contribution in [0.1, 0.15) is 18.1 Å².